The van der Waals surface area contributed by atoms with Crippen LogP contribution in [-0.4, -0.2) is 22.2 Å². The normalized spacial score (nSPS) is 12.2. The highest BCUT2D eigenvalue weighted by Crippen LogP contribution is 2.27. The van der Waals surface area contributed by atoms with E-state index in [1.807, 2.05) is 18.2 Å². The first-order valence-electron chi connectivity index (χ1n) is 5.47. The number of methoxy groups -OCH3 is 1. The molecule has 0 aliphatic heterocycles. The molecule has 4 nitrogen and oxygen atoms in total. The molecule has 1 aromatic carbocycles. The predicted octanol–water partition coefficient (Wildman–Crippen LogP) is 2.52. The average molecular weight is 309 g/mol. The Bertz CT molecular complexity index is 520. The third-order valence-electron chi connectivity index (χ3n) is 2.60. The minimum atomic E-state index is -0.670. The van der Waals surface area contributed by atoms with E-state index in [4.69, 9.17) is 4.74 Å². The first-order valence-corrected chi connectivity index (χ1v) is 6.26. The van der Waals surface area contributed by atoms with Crippen LogP contribution in [0.5, 0.6) is 5.75 Å². The largest absolute Gasteiger partial charge is 0.496 e. The SMILES string of the molecule is COc1ccc(Br)cc1CC(O)c1ccncn1. The predicted molar refractivity (Wildman–Crippen MR) is 71.4 cm³/mol. The molecule has 0 saturated heterocycles. The van der Waals surface area contributed by atoms with Crippen LogP contribution in [0.4, 0.5) is 0 Å². The summed E-state index contributed by atoms with van der Waals surface area (Å²) in [5.74, 6) is 0.756. The number of ether oxygens (including phenoxy) is 1. The van der Waals surface area contributed by atoms with Gasteiger partial charge in [-0.05, 0) is 29.8 Å². The van der Waals surface area contributed by atoms with Crippen LogP contribution in [-0.2, 0) is 6.42 Å². The molecule has 1 atom stereocenters. The maximum absolute atomic E-state index is 10.1. The van der Waals surface area contributed by atoms with E-state index in [0.29, 0.717) is 12.1 Å². The minimum absolute atomic E-state index is 0.444. The van der Waals surface area contributed by atoms with Crippen molar-refractivity contribution < 1.29 is 9.84 Å². The molecule has 94 valence electrons. The van der Waals surface area contributed by atoms with Crippen LogP contribution in [0.25, 0.3) is 0 Å². The number of nitrogens with zero attached hydrogens (tertiary/aromatic N) is 2. The Morgan fingerprint density at radius 1 is 1.39 bits per heavy atom. The average Bonchev–Trinajstić information content (AvgIpc) is 2.40. The van der Waals surface area contributed by atoms with Crippen molar-refractivity contribution in [2.24, 2.45) is 0 Å². The van der Waals surface area contributed by atoms with Crippen LogP contribution in [0.3, 0.4) is 0 Å². The summed E-state index contributed by atoms with van der Waals surface area (Å²) in [5, 5.41) is 10.1. The van der Waals surface area contributed by atoms with E-state index in [0.717, 1.165) is 15.8 Å². The van der Waals surface area contributed by atoms with Crippen molar-refractivity contribution in [1.82, 2.24) is 9.97 Å². The van der Waals surface area contributed by atoms with Crippen LogP contribution in [0.1, 0.15) is 17.4 Å². The summed E-state index contributed by atoms with van der Waals surface area (Å²) in [5.41, 5.74) is 1.53. The van der Waals surface area contributed by atoms with Gasteiger partial charge < -0.3 is 9.84 Å². The van der Waals surface area contributed by atoms with Crippen LogP contribution in [0.15, 0.2) is 41.3 Å². The Morgan fingerprint density at radius 3 is 2.89 bits per heavy atom. The van der Waals surface area contributed by atoms with Gasteiger partial charge in [0.25, 0.3) is 0 Å². The lowest BCUT2D eigenvalue weighted by atomic mass is 10.0. The van der Waals surface area contributed by atoms with E-state index in [-0.39, 0.29) is 0 Å². The lowest BCUT2D eigenvalue weighted by Crippen LogP contribution is -2.05. The van der Waals surface area contributed by atoms with Crippen LogP contribution >= 0.6 is 15.9 Å². The first kappa shape index (κ1) is 13.0. The maximum Gasteiger partial charge on any atom is 0.122 e. The Kier molecular flexibility index (Phi) is 4.28. The van der Waals surface area contributed by atoms with Gasteiger partial charge in [0.2, 0.25) is 0 Å². The summed E-state index contributed by atoms with van der Waals surface area (Å²) in [6, 6.07) is 7.41. The molecule has 0 aliphatic carbocycles. The van der Waals surface area contributed by atoms with Crippen molar-refractivity contribution >= 4 is 15.9 Å². The fraction of sp³-hybridized carbons (Fsp3) is 0.231. The number of benzene rings is 1. The molecule has 1 aromatic heterocycles. The van der Waals surface area contributed by atoms with Gasteiger partial charge in [-0.1, -0.05) is 15.9 Å². The van der Waals surface area contributed by atoms with Crippen molar-refractivity contribution in [3.05, 3.63) is 52.5 Å². The molecule has 0 aliphatic rings. The fourth-order valence-corrected chi connectivity index (χ4v) is 2.13. The minimum Gasteiger partial charge on any atom is -0.496 e. The highest BCUT2D eigenvalue weighted by molar-refractivity contribution is 9.10. The molecule has 1 unspecified atom stereocenters. The summed E-state index contributed by atoms with van der Waals surface area (Å²) in [6.07, 6.45) is 2.82. The zero-order valence-corrected chi connectivity index (χ0v) is 11.5. The van der Waals surface area contributed by atoms with Gasteiger partial charge in [-0.15, -0.1) is 0 Å². The molecule has 0 bridgehead atoms. The van der Waals surface area contributed by atoms with Crippen LogP contribution in [0.2, 0.25) is 0 Å². The zero-order valence-electron chi connectivity index (χ0n) is 9.88. The third-order valence-corrected chi connectivity index (χ3v) is 3.10. The molecule has 0 radical (unpaired) electrons. The topological polar surface area (TPSA) is 55.2 Å². The molecule has 0 saturated carbocycles. The molecule has 0 fully saturated rings. The Labute approximate surface area is 114 Å². The molecule has 0 amide bonds. The quantitative estimate of drug-likeness (QED) is 0.943. The second-order valence-electron chi connectivity index (χ2n) is 3.81. The second kappa shape index (κ2) is 5.93. The number of aliphatic hydroxyl groups excluding tert-OH is 1. The smallest absolute Gasteiger partial charge is 0.122 e. The lowest BCUT2D eigenvalue weighted by Gasteiger charge is -2.13. The Morgan fingerprint density at radius 2 is 2.22 bits per heavy atom. The molecule has 0 spiro atoms. The number of hydrogen-bond donors (Lipinski definition) is 1. The molecular formula is C13H13BrN2O2. The van der Waals surface area contributed by atoms with Crippen molar-refractivity contribution in [3.63, 3.8) is 0 Å². The lowest BCUT2D eigenvalue weighted by molar-refractivity contribution is 0.172. The molecule has 2 rings (SSSR count). The summed E-state index contributed by atoms with van der Waals surface area (Å²) < 4.78 is 6.22. The number of rotatable bonds is 4. The van der Waals surface area contributed by atoms with Gasteiger partial charge in [0, 0.05) is 17.1 Å². The molecule has 2 aromatic rings. The van der Waals surface area contributed by atoms with Crippen molar-refractivity contribution in [2.75, 3.05) is 7.11 Å². The van der Waals surface area contributed by atoms with Gasteiger partial charge >= 0.3 is 0 Å². The molecular weight excluding hydrogens is 296 g/mol. The highest BCUT2D eigenvalue weighted by atomic mass is 79.9. The van der Waals surface area contributed by atoms with E-state index < -0.39 is 6.10 Å². The van der Waals surface area contributed by atoms with Gasteiger partial charge in [-0.25, -0.2) is 9.97 Å². The van der Waals surface area contributed by atoms with E-state index in [2.05, 4.69) is 25.9 Å². The van der Waals surface area contributed by atoms with Crippen molar-refractivity contribution in [1.29, 1.82) is 0 Å². The molecule has 1 heterocycles. The number of aliphatic hydroxyl groups is 1. The monoisotopic (exact) mass is 308 g/mol. The van der Waals surface area contributed by atoms with Gasteiger partial charge in [-0.3, -0.25) is 0 Å². The van der Waals surface area contributed by atoms with Gasteiger partial charge in [-0.2, -0.15) is 0 Å². The summed E-state index contributed by atoms with van der Waals surface area (Å²) in [7, 11) is 1.61. The van der Waals surface area contributed by atoms with Crippen LogP contribution < -0.4 is 4.74 Å². The maximum atomic E-state index is 10.1. The van der Waals surface area contributed by atoms with Gasteiger partial charge in [0.05, 0.1) is 12.8 Å². The third kappa shape index (κ3) is 3.05. The Hall–Kier alpha value is -1.46. The summed E-state index contributed by atoms with van der Waals surface area (Å²) in [6.45, 7) is 0. The Balaban J connectivity index is 2.21. The molecule has 5 heteroatoms. The number of hydrogen-bond acceptors (Lipinski definition) is 4. The highest BCUT2D eigenvalue weighted by Gasteiger charge is 2.13. The van der Waals surface area contributed by atoms with Crippen LogP contribution in [0, 0.1) is 0 Å². The van der Waals surface area contributed by atoms with Crippen molar-refractivity contribution in [2.45, 2.75) is 12.5 Å². The van der Waals surface area contributed by atoms with Gasteiger partial charge in [0.15, 0.2) is 0 Å². The number of aromatic nitrogens is 2. The summed E-state index contributed by atoms with van der Waals surface area (Å²) in [4.78, 5) is 7.87. The molecule has 18 heavy (non-hydrogen) atoms. The standard InChI is InChI=1S/C13H13BrN2O2/c1-18-13-3-2-10(14)6-9(13)7-12(17)11-4-5-15-8-16-11/h2-6,8,12,17H,7H2,1H3. The summed E-state index contributed by atoms with van der Waals surface area (Å²) >= 11 is 3.41. The fourth-order valence-electron chi connectivity index (χ4n) is 1.72. The van der Waals surface area contributed by atoms with E-state index >= 15 is 0 Å². The zero-order chi connectivity index (χ0) is 13.0. The van der Waals surface area contributed by atoms with Gasteiger partial charge in [0.1, 0.15) is 18.2 Å². The van der Waals surface area contributed by atoms with E-state index in [9.17, 15) is 5.11 Å². The molecule has 1 N–H and O–H groups in total. The first-order chi connectivity index (χ1) is 8.70. The number of halogens is 1. The van der Waals surface area contributed by atoms with E-state index in [1.54, 1.807) is 19.4 Å². The van der Waals surface area contributed by atoms with E-state index in [1.165, 1.54) is 6.33 Å². The second-order valence-corrected chi connectivity index (χ2v) is 4.73. The van der Waals surface area contributed by atoms with Crippen molar-refractivity contribution in [3.8, 4) is 5.75 Å².